The molecule has 30 heavy (non-hydrogen) atoms. The van der Waals surface area contributed by atoms with Crippen LogP contribution in [0.4, 0.5) is 0 Å². The molecule has 0 bridgehead atoms. The molecule has 7 heteroatoms. The Morgan fingerprint density at radius 3 is 2.50 bits per heavy atom. The average molecular weight is 449 g/mol. The molecule has 2 unspecified atom stereocenters. The first-order valence-electron chi connectivity index (χ1n) is 9.92. The van der Waals surface area contributed by atoms with Gasteiger partial charge in [0.05, 0.1) is 0 Å². The van der Waals surface area contributed by atoms with Crippen LogP contribution < -0.4 is 10.1 Å². The van der Waals surface area contributed by atoms with E-state index in [0.717, 1.165) is 5.56 Å². The number of rotatable bonds is 4. The van der Waals surface area contributed by atoms with Crippen molar-refractivity contribution in [3.8, 4) is 5.75 Å². The Morgan fingerprint density at radius 1 is 1.17 bits per heavy atom. The van der Waals surface area contributed by atoms with Gasteiger partial charge in [0.2, 0.25) is 5.91 Å². The molecule has 0 aromatic heterocycles. The highest BCUT2D eigenvalue weighted by Crippen LogP contribution is 2.38. The molecule has 1 heterocycles. The molecule has 1 aliphatic heterocycles. The maximum Gasteiger partial charge on any atom is 0.264 e. The number of ether oxygens (including phenoxy) is 1. The third kappa shape index (κ3) is 4.90. The molecular weight excluding hydrogens is 423 g/mol. The number of carbonyl (C=O) groups is 2. The van der Waals surface area contributed by atoms with Gasteiger partial charge >= 0.3 is 0 Å². The van der Waals surface area contributed by atoms with Crippen molar-refractivity contribution < 1.29 is 14.3 Å². The van der Waals surface area contributed by atoms with Crippen LogP contribution in [0, 0.1) is 0 Å². The molecule has 2 atom stereocenters. The summed E-state index contributed by atoms with van der Waals surface area (Å²) in [4.78, 5) is 28.4. The largest absolute Gasteiger partial charge is 0.480 e. The molecule has 160 valence electrons. The van der Waals surface area contributed by atoms with Gasteiger partial charge in [-0.15, -0.1) is 0 Å². The third-order valence-corrected chi connectivity index (χ3v) is 5.43. The van der Waals surface area contributed by atoms with Crippen LogP contribution >= 0.6 is 23.2 Å². The summed E-state index contributed by atoms with van der Waals surface area (Å²) in [5.41, 5.74) is 0.828. The lowest BCUT2D eigenvalue weighted by Gasteiger charge is -2.33. The molecule has 5 nitrogen and oxygen atoms in total. The van der Waals surface area contributed by atoms with Crippen molar-refractivity contribution >= 4 is 35.0 Å². The van der Waals surface area contributed by atoms with Gasteiger partial charge in [0.15, 0.2) is 6.10 Å². The molecule has 1 N–H and O–H groups in total. The quantitative estimate of drug-likeness (QED) is 0.703. The standard InChI is InChI=1S/C23H26Cl2N2O3/c1-5-18-22(29)27(13-14-8-6-7-9-17(14)25)20(21(28)26-23(2,3)4)16-12-15(24)10-11-19(16)30-18/h6-12,18,20H,5,13H2,1-4H3,(H,26,28). The zero-order valence-electron chi connectivity index (χ0n) is 17.5. The highest BCUT2D eigenvalue weighted by molar-refractivity contribution is 6.31. The molecule has 0 aliphatic carbocycles. The van der Waals surface area contributed by atoms with Crippen LogP contribution in [0.2, 0.25) is 10.0 Å². The smallest absolute Gasteiger partial charge is 0.264 e. The Kier molecular flexibility index (Phi) is 6.63. The zero-order valence-corrected chi connectivity index (χ0v) is 19.1. The molecular formula is C23H26Cl2N2O3. The maximum atomic E-state index is 13.5. The summed E-state index contributed by atoms with van der Waals surface area (Å²) in [6.45, 7) is 7.73. The van der Waals surface area contributed by atoms with E-state index >= 15 is 0 Å². The van der Waals surface area contributed by atoms with Crippen molar-refractivity contribution in [3.05, 3.63) is 63.6 Å². The van der Waals surface area contributed by atoms with Crippen LogP contribution in [0.25, 0.3) is 0 Å². The fourth-order valence-corrected chi connectivity index (χ4v) is 3.86. The summed E-state index contributed by atoms with van der Waals surface area (Å²) in [5, 5.41) is 3.99. The average Bonchev–Trinajstić information content (AvgIpc) is 2.77. The minimum absolute atomic E-state index is 0.173. The first-order chi connectivity index (χ1) is 14.1. The van der Waals surface area contributed by atoms with E-state index in [-0.39, 0.29) is 18.4 Å². The summed E-state index contributed by atoms with van der Waals surface area (Å²) >= 11 is 12.6. The van der Waals surface area contributed by atoms with Gasteiger partial charge in [-0.2, -0.15) is 0 Å². The number of carbonyl (C=O) groups excluding carboxylic acids is 2. The number of fused-ring (bicyclic) bond motifs is 1. The summed E-state index contributed by atoms with van der Waals surface area (Å²) in [6.07, 6.45) is -0.243. The van der Waals surface area contributed by atoms with Crippen molar-refractivity contribution in [3.63, 3.8) is 0 Å². The lowest BCUT2D eigenvalue weighted by atomic mass is 10.00. The molecule has 2 aromatic rings. The molecule has 0 saturated heterocycles. The molecule has 0 radical (unpaired) electrons. The summed E-state index contributed by atoms with van der Waals surface area (Å²) in [5.74, 6) is -0.0825. The Balaban J connectivity index is 2.15. The predicted molar refractivity (Wildman–Crippen MR) is 119 cm³/mol. The van der Waals surface area contributed by atoms with E-state index < -0.39 is 17.7 Å². The van der Waals surface area contributed by atoms with E-state index in [9.17, 15) is 9.59 Å². The number of amides is 2. The first kappa shape index (κ1) is 22.4. The second-order valence-corrected chi connectivity index (χ2v) is 9.24. The van der Waals surface area contributed by atoms with Gasteiger partial charge in [0.25, 0.3) is 5.91 Å². The van der Waals surface area contributed by atoms with Gasteiger partial charge < -0.3 is 15.0 Å². The number of nitrogens with one attached hydrogen (secondary N) is 1. The monoisotopic (exact) mass is 448 g/mol. The number of halogens is 2. The molecule has 2 aromatic carbocycles. The van der Waals surface area contributed by atoms with Gasteiger partial charge in [-0.1, -0.05) is 48.3 Å². The van der Waals surface area contributed by atoms with Crippen LogP contribution in [0.1, 0.15) is 51.3 Å². The number of hydrogen-bond donors (Lipinski definition) is 1. The number of nitrogens with zero attached hydrogens (tertiary/aromatic N) is 1. The Hall–Kier alpha value is -2.24. The molecule has 0 spiro atoms. The van der Waals surface area contributed by atoms with Gasteiger partial charge in [-0.25, -0.2) is 0 Å². The third-order valence-electron chi connectivity index (χ3n) is 4.82. The van der Waals surface area contributed by atoms with Gasteiger partial charge in [-0.3, -0.25) is 9.59 Å². The van der Waals surface area contributed by atoms with E-state index in [1.165, 1.54) is 0 Å². The van der Waals surface area contributed by atoms with Crippen molar-refractivity contribution in [1.29, 1.82) is 0 Å². The van der Waals surface area contributed by atoms with E-state index in [0.29, 0.717) is 27.8 Å². The summed E-state index contributed by atoms with van der Waals surface area (Å²) in [6, 6.07) is 11.5. The number of benzene rings is 2. The van der Waals surface area contributed by atoms with Crippen LogP contribution in [-0.2, 0) is 16.1 Å². The van der Waals surface area contributed by atoms with E-state index in [2.05, 4.69) is 5.32 Å². The highest BCUT2D eigenvalue weighted by atomic mass is 35.5. The highest BCUT2D eigenvalue weighted by Gasteiger charge is 2.41. The fraction of sp³-hybridized carbons (Fsp3) is 0.391. The minimum atomic E-state index is -0.904. The molecule has 2 amide bonds. The summed E-state index contributed by atoms with van der Waals surface area (Å²) in [7, 11) is 0. The van der Waals surface area contributed by atoms with Crippen molar-refractivity contribution in [2.45, 2.75) is 58.3 Å². The van der Waals surface area contributed by atoms with Crippen LogP contribution in [0.5, 0.6) is 5.75 Å². The Bertz CT molecular complexity index is 956. The maximum absolute atomic E-state index is 13.5. The second-order valence-electron chi connectivity index (χ2n) is 8.40. The minimum Gasteiger partial charge on any atom is -0.480 e. The molecule has 0 fully saturated rings. The van der Waals surface area contributed by atoms with Gasteiger partial charge in [0, 0.05) is 27.7 Å². The molecule has 3 rings (SSSR count). The van der Waals surface area contributed by atoms with Crippen LogP contribution in [0.3, 0.4) is 0 Å². The normalized spacial score (nSPS) is 19.0. The van der Waals surface area contributed by atoms with Crippen molar-refractivity contribution in [1.82, 2.24) is 10.2 Å². The van der Waals surface area contributed by atoms with Gasteiger partial charge in [-0.05, 0) is 57.0 Å². The molecule has 1 aliphatic rings. The molecule has 0 saturated carbocycles. The second kappa shape index (κ2) is 8.86. The van der Waals surface area contributed by atoms with Crippen LogP contribution in [-0.4, -0.2) is 28.4 Å². The lowest BCUT2D eigenvalue weighted by Crippen LogP contribution is -2.50. The van der Waals surface area contributed by atoms with E-state index in [4.69, 9.17) is 27.9 Å². The van der Waals surface area contributed by atoms with E-state index in [1.54, 1.807) is 29.2 Å². The predicted octanol–water partition coefficient (Wildman–Crippen LogP) is 5.15. The topological polar surface area (TPSA) is 58.6 Å². The summed E-state index contributed by atoms with van der Waals surface area (Å²) < 4.78 is 6.02. The Morgan fingerprint density at radius 2 is 1.87 bits per heavy atom. The first-order valence-corrected chi connectivity index (χ1v) is 10.7. The lowest BCUT2D eigenvalue weighted by molar-refractivity contribution is -0.146. The Labute approximate surface area is 187 Å². The van der Waals surface area contributed by atoms with E-state index in [1.807, 2.05) is 45.9 Å². The SMILES string of the molecule is CCC1Oc2ccc(Cl)cc2C(C(=O)NC(C)(C)C)N(Cc2ccccc2Cl)C1=O. The van der Waals surface area contributed by atoms with Crippen molar-refractivity contribution in [2.24, 2.45) is 0 Å². The fourth-order valence-electron chi connectivity index (χ4n) is 3.48. The van der Waals surface area contributed by atoms with Crippen LogP contribution in [0.15, 0.2) is 42.5 Å². The zero-order chi connectivity index (χ0) is 22.1. The van der Waals surface area contributed by atoms with Gasteiger partial charge in [0.1, 0.15) is 11.8 Å². The van der Waals surface area contributed by atoms with Crippen molar-refractivity contribution in [2.75, 3.05) is 0 Å². The number of hydrogen-bond acceptors (Lipinski definition) is 3.